The minimum absolute atomic E-state index is 0.726. The zero-order valence-electron chi connectivity index (χ0n) is 9.24. The van der Waals surface area contributed by atoms with Crippen molar-refractivity contribution in [2.24, 2.45) is 5.92 Å². The molecule has 82 valence electrons. The molecule has 1 aromatic rings. The number of aromatic nitrogens is 1. The SMILES string of the molecule is CCCC1CC1NCc1ccc(N)cn1. The molecule has 0 spiro atoms. The zero-order chi connectivity index (χ0) is 10.7. The van der Waals surface area contributed by atoms with E-state index in [0.717, 1.165) is 29.9 Å². The number of pyridine rings is 1. The third-order valence-electron chi connectivity index (χ3n) is 2.98. The fourth-order valence-corrected chi connectivity index (χ4v) is 1.96. The normalized spacial score (nSPS) is 24.1. The number of nitrogens with two attached hydrogens (primary N) is 1. The molecule has 0 radical (unpaired) electrons. The zero-order valence-corrected chi connectivity index (χ0v) is 9.24. The molecule has 1 aromatic heterocycles. The number of hydrogen-bond acceptors (Lipinski definition) is 3. The predicted molar refractivity (Wildman–Crippen MR) is 62.3 cm³/mol. The van der Waals surface area contributed by atoms with Gasteiger partial charge in [0.2, 0.25) is 0 Å². The van der Waals surface area contributed by atoms with Gasteiger partial charge in [-0.3, -0.25) is 4.98 Å². The van der Waals surface area contributed by atoms with Crippen LogP contribution in [0.2, 0.25) is 0 Å². The molecule has 2 unspecified atom stereocenters. The number of nitrogens with zero attached hydrogens (tertiary/aromatic N) is 1. The van der Waals surface area contributed by atoms with Crippen LogP contribution in [-0.2, 0) is 6.54 Å². The topological polar surface area (TPSA) is 50.9 Å². The summed E-state index contributed by atoms with van der Waals surface area (Å²) in [6.07, 6.45) is 5.70. The van der Waals surface area contributed by atoms with Crippen molar-refractivity contribution in [3.63, 3.8) is 0 Å². The number of nitrogen functional groups attached to an aromatic ring is 1. The van der Waals surface area contributed by atoms with Crippen molar-refractivity contribution in [1.82, 2.24) is 10.3 Å². The van der Waals surface area contributed by atoms with Gasteiger partial charge in [0.05, 0.1) is 17.6 Å². The molecular weight excluding hydrogens is 186 g/mol. The van der Waals surface area contributed by atoms with E-state index in [-0.39, 0.29) is 0 Å². The Morgan fingerprint density at radius 3 is 3.07 bits per heavy atom. The first-order valence-corrected chi connectivity index (χ1v) is 5.73. The van der Waals surface area contributed by atoms with Gasteiger partial charge in [-0.1, -0.05) is 13.3 Å². The van der Waals surface area contributed by atoms with Gasteiger partial charge < -0.3 is 11.1 Å². The van der Waals surface area contributed by atoms with Crippen LogP contribution in [0.25, 0.3) is 0 Å². The quantitative estimate of drug-likeness (QED) is 0.772. The predicted octanol–water partition coefficient (Wildman–Crippen LogP) is 1.94. The van der Waals surface area contributed by atoms with E-state index in [1.165, 1.54) is 19.3 Å². The van der Waals surface area contributed by atoms with Gasteiger partial charge in [-0.25, -0.2) is 0 Å². The number of anilines is 1. The van der Waals surface area contributed by atoms with E-state index < -0.39 is 0 Å². The first-order valence-electron chi connectivity index (χ1n) is 5.73. The maximum atomic E-state index is 5.57. The number of nitrogens with one attached hydrogen (secondary N) is 1. The van der Waals surface area contributed by atoms with E-state index in [2.05, 4.69) is 17.2 Å². The van der Waals surface area contributed by atoms with Gasteiger partial charge in [0.25, 0.3) is 0 Å². The van der Waals surface area contributed by atoms with E-state index >= 15 is 0 Å². The Kier molecular flexibility index (Phi) is 3.21. The summed E-state index contributed by atoms with van der Waals surface area (Å²) in [5.74, 6) is 0.906. The molecule has 0 saturated heterocycles. The summed E-state index contributed by atoms with van der Waals surface area (Å²) in [6, 6.07) is 4.62. The molecule has 1 aliphatic carbocycles. The molecule has 0 aliphatic heterocycles. The third-order valence-corrected chi connectivity index (χ3v) is 2.98. The molecule has 1 saturated carbocycles. The van der Waals surface area contributed by atoms with Gasteiger partial charge in [0.15, 0.2) is 0 Å². The molecule has 2 atom stereocenters. The molecule has 0 bridgehead atoms. The monoisotopic (exact) mass is 205 g/mol. The molecule has 15 heavy (non-hydrogen) atoms. The van der Waals surface area contributed by atoms with Crippen molar-refractivity contribution in [1.29, 1.82) is 0 Å². The minimum atomic E-state index is 0.726. The highest BCUT2D eigenvalue weighted by Crippen LogP contribution is 2.34. The lowest BCUT2D eigenvalue weighted by Gasteiger charge is -2.03. The molecule has 3 heteroatoms. The van der Waals surface area contributed by atoms with Crippen LogP contribution in [0.4, 0.5) is 5.69 Å². The van der Waals surface area contributed by atoms with Crippen molar-refractivity contribution in [2.75, 3.05) is 5.73 Å². The second-order valence-corrected chi connectivity index (χ2v) is 4.35. The average molecular weight is 205 g/mol. The Morgan fingerprint density at radius 2 is 2.40 bits per heavy atom. The Bertz CT molecular complexity index is 307. The average Bonchev–Trinajstić information content (AvgIpc) is 2.97. The largest absolute Gasteiger partial charge is 0.397 e. The van der Waals surface area contributed by atoms with Crippen molar-refractivity contribution in [3.05, 3.63) is 24.0 Å². The molecule has 0 aromatic carbocycles. The maximum Gasteiger partial charge on any atom is 0.0543 e. The van der Waals surface area contributed by atoms with Crippen molar-refractivity contribution >= 4 is 5.69 Å². The molecule has 3 N–H and O–H groups in total. The molecule has 0 amide bonds. The van der Waals surface area contributed by atoms with Crippen LogP contribution >= 0.6 is 0 Å². The van der Waals surface area contributed by atoms with Gasteiger partial charge in [-0.15, -0.1) is 0 Å². The van der Waals surface area contributed by atoms with Gasteiger partial charge in [0, 0.05) is 12.6 Å². The second kappa shape index (κ2) is 4.62. The van der Waals surface area contributed by atoms with Crippen LogP contribution in [0.3, 0.4) is 0 Å². The van der Waals surface area contributed by atoms with Crippen LogP contribution in [0.1, 0.15) is 31.9 Å². The van der Waals surface area contributed by atoms with Crippen LogP contribution in [0.15, 0.2) is 18.3 Å². The summed E-state index contributed by atoms with van der Waals surface area (Å²) < 4.78 is 0. The summed E-state index contributed by atoms with van der Waals surface area (Å²) in [4.78, 5) is 4.26. The highest BCUT2D eigenvalue weighted by atomic mass is 15.0. The number of hydrogen-bond donors (Lipinski definition) is 2. The molecule has 1 fully saturated rings. The van der Waals surface area contributed by atoms with Crippen LogP contribution in [-0.4, -0.2) is 11.0 Å². The first-order chi connectivity index (χ1) is 7.29. The second-order valence-electron chi connectivity index (χ2n) is 4.35. The Balaban J connectivity index is 1.73. The molecular formula is C12H19N3. The fourth-order valence-electron chi connectivity index (χ4n) is 1.96. The van der Waals surface area contributed by atoms with Crippen molar-refractivity contribution < 1.29 is 0 Å². The lowest BCUT2D eigenvalue weighted by molar-refractivity contribution is 0.594. The van der Waals surface area contributed by atoms with E-state index in [4.69, 9.17) is 5.73 Å². The summed E-state index contributed by atoms with van der Waals surface area (Å²) >= 11 is 0. The summed E-state index contributed by atoms with van der Waals surface area (Å²) in [7, 11) is 0. The minimum Gasteiger partial charge on any atom is -0.397 e. The smallest absolute Gasteiger partial charge is 0.0543 e. The van der Waals surface area contributed by atoms with Gasteiger partial charge >= 0.3 is 0 Å². The molecule has 2 rings (SSSR count). The highest BCUT2D eigenvalue weighted by molar-refractivity contribution is 5.34. The summed E-state index contributed by atoms with van der Waals surface area (Å²) in [5.41, 5.74) is 7.38. The maximum absolute atomic E-state index is 5.57. The standard InChI is InChI=1S/C12H19N3/c1-2-3-9-6-12(9)15-8-11-5-4-10(13)7-14-11/h4-5,7,9,12,15H,2-3,6,8,13H2,1H3. The molecule has 1 aliphatic rings. The van der Waals surface area contributed by atoms with Crippen molar-refractivity contribution in [3.8, 4) is 0 Å². The van der Waals surface area contributed by atoms with Gasteiger partial charge in [-0.05, 0) is 30.9 Å². The van der Waals surface area contributed by atoms with E-state index in [9.17, 15) is 0 Å². The van der Waals surface area contributed by atoms with E-state index in [1.807, 2.05) is 12.1 Å². The Labute approximate surface area is 91.1 Å². The van der Waals surface area contributed by atoms with Crippen LogP contribution < -0.4 is 11.1 Å². The van der Waals surface area contributed by atoms with Crippen molar-refractivity contribution in [2.45, 2.75) is 38.8 Å². The lowest BCUT2D eigenvalue weighted by atomic mass is 10.2. The van der Waals surface area contributed by atoms with E-state index in [1.54, 1.807) is 6.20 Å². The van der Waals surface area contributed by atoms with E-state index in [0.29, 0.717) is 0 Å². The Hall–Kier alpha value is -1.09. The van der Waals surface area contributed by atoms with Gasteiger partial charge in [-0.2, -0.15) is 0 Å². The summed E-state index contributed by atoms with van der Waals surface area (Å²) in [5, 5.41) is 3.52. The van der Waals surface area contributed by atoms with Crippen LogP contribution in [0, 0.1) is 5.92 Å². The van der Waals surface area contributed by atoms with Gasteiger partial charge in [0.1, 0.15) is 0 Å². The molecule has 1 heterocycles. The summed E-state index contributed by atoms with van der Waals surface area (Å²) in [6.45, 7) is 3.11. The fraction of sp³-hybridized carbons (Fsp3) is 0.583. The Morgan fingerprint density at radius 1 is 1.53 bits per heavy atom. The number of rotatable bonds is 5. The lowest BCUT2D eigenvalue weighted by Crippen LogP contribution is -2.18. The highest BCUT2D eigenvalue weighted by Gasteiger charge is 2.35. The first kappa shape index (κ1) is 10.4. The molecule has 3 nitrogen and oxygen atoms in total. The van der Waals surface area contributed by atoms with Crippen LogP contribution in [0.5, 0.6) is 0 Å². The third kappa shape index (κ3) is 2.93.